The quantitative estimate of drug-likeness (QED) is 0.882. The number of nitrogens with one attached hydrogen (secondary N) is 1. The van der Waals surface area contributed by atoms with Crippen LogP contribution in [0.4, 0.5) is 4.39 Å². The van der Waals surface area contributed by atoms with Gasteiger partial charge in [-0.3, -0.25) is 4.79 Å². The Balaban J connectivity index is 2.17. The predicted molar refractivity (Wildman–Crippen MR) is 71.5 cm³/mol. The molecule has 1 aromatic carbocycles. The maximum atomic E-state index is 13.9. The van der Waals surface area contributed by atoms with E-state index in [1.54, 1.807) is 19.1 Å². The molecule has 0 aliphatic heterocycles. The zero-order valence-corrected chi connectivity index (χ0v) is 11.2. The van der Waals surface area contributed by atoms with E-state index in [0.717, 1.165) is 32.1 Å². The molecular formula is C15H20FNO2. The molecule has 1 aliphatic rings. The van der Waals surface area contributed by atoms with Crippen LogP contribution in [-0.2, 0) is 0 Å². The monoisotopic (exact) mass is 265 g/mol. The molecule has 1 aromatic rings. The summed E-state index contributed by atoms with van der Waals surface area (Å²) in [5.74, 6) is -0.916. The SMILES string of the molecule is Cc1cccc(C(=O)NC2(CO)CCCCC2)c1F. The number of hydrogen-bond donors (Lipinski definition) is 2. The van der Waals surface area contributed by atoms with Crippen molar-refractivity contribution in [2.75, 3.05) is 6.61 Å². The summed E-state index contributed by atoms with van der Waals surface area (Å²) in [5.41, 5.74) is -0.0707. The van der Waals surface area contributed by atoms with Crippen LogP contribution in [0.3, 0.4) is 0 Å². The zero-order valence-electron chi connectivity index (χ0n) is 11.2. The molecule has 3 nitrogen and oxygen atoms in total. The lowest BCUT2D eigenvalue weighted by atomic mass is 9.82. The third-order valence-corrected chi connectivity index (χ3v) is 3.93. The summed E-state index contributed by atoms with van der Waals surface area (Å²) < 4.78 is 13.9. The van der Waals surface area contributed by atoms with E-state index in [0.29, 0.717) is 5.56 Å². The molecule has 0 radical (unpaired) electrons. The average Bonchev–Trinajstić information content (AvgIpc) is 2.42. The van der Waals surface area contributed by atoms with Crippen LogP contribution < -0.4 is 5.32 Å². The number of halogens is 1. The zero-order chi connectivity index (χ0) is 13.9. The van der Waals surface area contributed by atoms with Gasteiger partial charge in [-0.15, -0.1) is 0 Å². The van der Waals surface area contributed by atoms with E-state index in [4.69, 9.17) is 0 Å². The van der Waals surface area contributed by atoms with Crippen molar-refractivity contribution < 1.29 is 14.3 Å². The molecule has 1 fully saturated rings. The number of carbonyl (C=O) groups is 1. The predicted octanol–water partition coefficient (Wildman–Crippen LogP) is 2.56. The Hall–Kier alpha value is -1.42. The molecule has 1 amide bonds. The molecule has 19 heavy (non-hydrogen) atoms. The van der Waals surface area contributed by atoms with Gasteiger partial charge in [0.15, 0.2) is 0 Å². The Morgan fingerprint density at radius 3 is 2.68 bits per heavy atom. The van der Waals surface area contributed by atoms with E-state index in [9.17, 15) is 14.3 Å². The van der Waals surface area contributed by atoms with Crippen LogP contribution in [0.1, 0.15) is 48.0 Å². The van der Waals surface area contributed by atoms with E-state index in [-0.39, 0.29) is 12.2 Å². The van der Waals surface area contributed by atoms with Gasteiger partial charge < -0.3 is 10.4 Å². The first-order valence-electron chi connectivity index (χ1n) is 6.76. The summed E-state index contributed by atoms with van der Waals surface area (Å²) >= 11 is 0. The summed E-state index contributed by atoms with van der Waals surface area (Å²) in [6, 6.07) is 4.78. The first-order chi connectivity index (χ1) is 9.08. The number of aryl methyl sites for hydroxylation is 1. The molecule has 0 heterocycles. The fourth-order valence-electron chi connectivity index (χ4n) is 2.68. The molecule has 0 spiro atoms. The fraction of sp³-hybridized carbons (Fsp3) is 0.533. The second-order valence-electron chi connectivity index (χ2n) is 5.39. The van der Waals surface area contributed by atoms with E-state index in [2.05, 4.69) is 5.32 Å². The molecule has 2 rings (SSSR count). The van der Waals surface area contributed by atoms with E-state index in [1.165, 1.54) is 6.07 Å². The van der Waals surface area contributed by atoms with Gasteiger partial charge in [0, 0.05) is 0 Å². The Kier molecular flexibility index (Phi) is 4.20. The van der Waals surface area contributed by atoms with Crippen molar-refractivity contribution >= 4 is 5.91 Å². The minimum atomic E-state index is -0.578. The van der Waals surface area contributed by atoms with Gasteiger partial charge in [0.2, 0.25) is 0 Å². The van der Waals surface area contributed by atoms with Gasteiger partial charge >= 0.3 is 0 Å². The third kappa shape index (κ3) is 2.95. The molecule has 0 saturated heterocycles. The highest BCUT2D eigenvalue weighted by atomic mass is 19.1. The molecule has 2 N–H and O–H groups in total. The lowest BCUT2D eigenvalue weighted by molar-refractivity contribution is 0.0754. The molecule has 0 unspecified atom stereocenters. The van der Waals surface area contributed by atoms with Crippen LogP contribution in [0, 0.1) is 12.7 Å². The Morgan fingerprint density at radius 2 is 2.05 bits per heavy atom. The first-order valence-corrected chi connectivity index (χ1v) is 6.76. The first kappa shape index (κ1) is 14.0. The van der Waals surface area contributed by atoms with Gasteiger partial charge in [0.1, 0.15) is 5.82 Å². The minimum absolute atomic E-state index is 0.0541. The Bertz CT molecular complexity index is 467. The van der Waals surface area contributed by atoms with Crippen molar-refractivity contribution in [1.82, 2.24) is 5.32 Å². The maximum absolute atomic E-state index is 13.9. The molecular weight excluding hydrogens is 245 g/mol. The van der Waals surface area contributed by atoms with Crippen LogP contribution in [0.5, 0.6) is 0 Å². The van der Waals surface area contributed by atoms with Crippen LogP contribution >= 0.6 is 0 Å². The van der Waals surface area contributed by atoms with Crippen LogP contribution in [0.15, 0.2) is 18.2 Å². The van der Waals surface area contributed by atoms with Gasteiger partial charge in [-0.2, -0.15) is 0 Å². The average molecular weight is 265 g/mol. The molecule has 0 aromatic heterocycles. The Labute approximate surface area is 112 Å². The summed E-state index contributed by atoms with van der Waals surface area (Å²) in [7, 11) is 0. The largest absolute Gasteiger partial charge is 0.394 e. The highest BCUT2D eigenvalue weighted by Gasteiger charge is 2.33. The molecule has 1 saturated carbocycles. The van der Waals surface area contributed by atoms with Crippen molar-refractivity contribution in [2.24, 2.45) is 0 Å². The highest BCUT2D eigenvalue weighted by Crippen LogP contribution is 2.28. The molecule has 4 heteroatoms. The summed E-state index contributed by atoms with van der Waals surface area (Å²) in [6.07, 6.45) is 4.59. The minimum Gasteiger partial charge on any atom is -0.394 e. The number of carbonyl (C=O) groups excluding carboxylic acids is 1. The number of rotatable bonds is 3. The van der Waals surface area contributed by atoms with Gasteiger partial charge in [-0.25, -0.2) is 4.39 Å². The van der Waals surface area contributed by atoms with Crippen molar-refractivity contribution in [3.8, 4) is 0 Å². The van der Waals surface area contributed by atoms with Gasteiger partial charge in [0.05, 0.1) is 17.7 Å². The van der Waals surface area contributed by atoms with E-state index >= 15 is 0 Å². The molecule has 0 bridgehead atoms. The van der Waals surface area contributed by atoms with Gasteiger partial charge in [0.25, 0.3) is 5.91 Å². The molecule has 104 valence electrons. The van der Waals surface area contributed by atoms with Gasteiger partial charge in [-0.05, 0) is 31.4 Å². The second-order valence-corrected chi connectivity index (χ2v) is 5.39. The lowest BCUT2D eigenvalue weighted by Crippen LogP contribution is -2.52. The van der Waals surface area contributed by atoms with Crippen molar-refractivity contribution in [2.45, 2.75) is 44.6 Å². The Morgan fingerprint density at radius 1 is 1.37 bits per heavy atom. The third-order valence-electron chi connectivity index (χ3n) is 3.93. The summed E-state index contributed by atoms with van der Waals surface area (Å²) in [6.45, 7) is 1.54. The van der Waals surface area contributed by atoms with Crippen molar-refractivity contribution in [3.05, 3.63) is 35.1 Å². The summed E-state index contributed by atoms with van der Waals surface area (Å²) in [5, 5.41) is 12.4. The molecule has 0 atom stereocenters. The number of hydrogen-bond acceptors (Lipinski definition) is 2. The maximum Gasteiger partial charge on any atom is 0.254 e. The lowest BCUT2D eigenvalue weighted by Gasteiger charge is -2.36. The normalized spacial score (nSPS) is 18.1. The van der Waals surface area contributed by atoms with Gasteiger partial charge in [-0.1, -0.05) is 31.4 Å². The van der Waals surface area contributed by atoms with E-state index in [1.807, 2.05) is 0 Å². The van der Waals surface area contributed by atoms with Crippen molar-refractivity contribution in [1.29, 1.82) is 0 Å². The van der Waals surface area contributed by atoms with Crippen LogP contribution in [0.25, 0.3) is 0 Å². The number of amides is 1. The number of aliphatic hydroxyl groups excluding tert-OH is 1. The topological polar surface area (TPSA) is 49.3 Å². The standard InChI is InChI=1S/C15H20FNO2/c1-11-6-5-7-12(13(11)16)14(19)17-15(10-18)8-3-2-4-9-15/h5-7,18H,2-4,8-10H2,1H3,(H,17,19). The molecule has 1 aliphatic carbocycles. The highest BCUT2D eigenvalue weighted by molar-refractivity contribution is 5.95. The van der Waals surface area contributed by atoms with Crippen LogP contribution in [-0.4, -0.2) is 23.2 Å². The second kappa shape index (κ2) is 5.70. The summed E-state index contributed by atoms with van der Waals surface area (Å²) in [4.78, 5) is 12.2. The number of aliphatic hydroxyl groups is 1. The van der Waals surface area contributed by atoms with Crippen LogP contribution in [0.2, 0.25) is 0 Å². The van der Waals surface area contributed by atoms with E-state index < -0.39 is 17.3 Å². The number of benzene rings is 1. The van der Waals surface area contributed by atoms with Crippen molar-refractivity contribution in [3.63, 3.8) is 0 Å². The smallest absolute Gasteiger partial charge is 0.254 e. The fourth-order valence-corrected chi connectivity index (χ4v) is 2.68.